The number of hydrogen-bond donors (Lipinski definition) is 1. The third-order valence-corrected chi connectivity index (χ3v) is 4.78. The highest BCUT2D eigenvalue weighted by atomic mass is 16.5. The number of aryl methyl sites for hydroxylation is 1. The van der Waals surface area contributed by atoms with Crippen molar-refractivity contribution in [3.63, 3.8) is 0 Å². The Bertz CT molecular complexity index is 471. The van der Waals surface area contributed by atoms with Gasteiger partial charge < -0.3 is 15.1 Å². The van der Waals surface area contributed by atoms with E-state index in [2.05, 4.69) is 40.5 Å². The molecular formula is C17H27N3O. The van der Waals surface area contributed by atoms with Crippen molar-refractivity contribution in [3.8, 4) is 0 Å². The smallest absolute Gasteiger partial charge is 0.0653 e. The van der Waals surface area contributed by atoms with E-state index in [-0.39, 0.29) is 0 Å². The molecule has 0 aromatic heterocycles. The summed E-state index contributed by atoms with van der Waals surface area (Å²) >= 11 is 0. The maximum atomic E-state index is 5.31. The zero-order chi connectivity index (χ0) is 14.7. The minimum absolute atomic E-state index is 0.774. The van der Waals surface area contributed by atoms with Gasteiger partial charge in [-0.15, -0.1) is 0 Å². The number of hydrazine groups is 1. The Morgan fingerprint density at radius 2 is 2.10 bits per heavy atom. The molecule has 21 heavy (non-hydrogen) atoms. The van der Waals surface area contributed by atoms with Crippen LogP contribution in [0.5, 0.6) is 0 Å². The molecule has 0 radical (unpaired) electrons. The van der Waals surface area contributed by atoms with Crippen LogP contribution in [0.15, 0.2) is 18.2 Å². The van der Waals surface area contributed by atoms with Gasteiger partial charge in [-0.2, -0.15) is 0 Å². The maximum Gasteiger partial charge on any atom is 0.0653 e. The molecule has 1 saturated heterocycles. The summed E-state index contributed by atoms with van der Waals surface area (Å²) in [7, 11) is 1.78. The highest BCUT2D eigenvalue weighted by Crippen LogP contribution is 2.34. The van der Waals surface area contributed by atoms with Crippen LogP contribution in [0, 0.1) is 12.8 Å². The highest BCUT2D eigenvalue weighted by Gasteiger charge is 2.30. The van der Waals surface area contributed by atoms with Gasteiger partial charge in [-0.25, -0.2) is 5.01 Å². The number of piperidine rings is 1. The Hall–Kier alpha value is -1.10. The lowest BCUT2D eigenvalue weighted by atomic mass is 9.98. The van der Waals surface area contributed by atoms with Crippen LogP contribution in [0.2, 0.25) is 0 Å². The largest absolute Gasteiger partial charge is 0.383 e. The molecule has 0 bridgehead atoms. The molecule has 0 atom stereocenters. The molecule has 2 aliphatic rings. The first-order valence-electron chi connectivity index (χ1n) is 8.10. The normalized spacial score (nSPS) is 20.0. The number of rotatable bonds is 5. The van der Waals surface area contributed by atoms with Crippen LogP contribution in [0.3, 0.4) is 0 Å². The minimum Gasteiger partial charge on any atom is -0.383 e. The lowest BCUT2D eigenvalue weighted by Gasteiger charge is -2.34. The average Bonchev–Trinajstić information content (AvgIpc) is 2.85. The fraction of sp³-hybridized carbons (Fsp3) is 0.647. The minimum atomic E-state index is 0.774. The van der Waals surface area contributed by atoms with Crippen molar-refractivity contribution in [3.05, 3.63) is 29.3 Å². The Balaban J connectivity index is 1.74. The molecule has 0 spiro atoms. The Morgan fingerprint density at radius 3 is 2.86 bits per heavy atom. The van der Waals surface area contributed by atoms with Crippen molar-refractivity contribution >= 4 is 5.69 Å². The predicted octanol–water partition coefficient (Wildman–Crippen LogP) is 2.18. The SMILES string of the molecule is COCCN1c2cccc(C)c2CN1CC1CCNCC1. The van der Waals surface area contributed by atoms with Crippen molar-refractivity contribution in [2.24, 2.45) is 5.92 Å². The van der Waals surface area contributed by atoms with Crippen molar-refractivity contribution in [2.75, 3.05) is 44.9 Å². The number of benzene rings is 1. The van der Waals surface area contributed by atoms with E-state index < -0.39 is 0 Å². The summed E-state index contributed by atoms with van der Waals surface area (Å²) in [6.07, 6.45) is 2.59. The average molecular weight is 289 g/mol. The van der Waals surface area contributed by atoms with Gasteiger partial charge in [-0.05, 0) is 56.0 Å². The third kappa shape index (κ3) is 3.23. The van der Waals surface area contributed by atoms with E-state index in [0.717, 1.165) is 25.6 Å². The van der Waals surface area contributed by atoms with Crippen molar-refractivity contribution < 1.29 is 4.74 Å². The van der Waals surface area contributed by atoms with Gasteiger partial charge in [0.15, 0.2) is 0 Å². The predicted molar refractivity (Wildman–Crippen MR) is 86.4 cm³/mol. The van der Waals surface area contributed by atoms with Gasteiger partial charge in [0.25, 0.3) is 0 Å². The van der Waals surface area contributed by atoms with E-state index >= 15 is 0 Å². The summed E-state index contributed by atoms with van der Waals surface area (Å²) in [6.45, 7) is 8.50. The number of hydrogen-bond acceptors (Lipinski definition) is 4. The molecular weight excluding hydrogens is 262 g/mol. The maximum absolute atomic E-state index is 5.31. The van der Waals surface area contributed by atoms with E-state index in [1.807, 2.05) is 0 Å². The second-order valence-electron chi connectivity index (χ2n) is 6.23. The van der Waals surface area contributed by atoms with Crippen LogP contribution in [-0.2, 0) is 11.3 Å². The number of methoxy groups -OCH3 is 1. The third-order valence-electron chi connectivity index (χ3n) is 4.78. The number of anilines is 1. The second-order valence-corrected chi connectivity index (χ2v) is 6.23. The van der Waals surface area contributed by atoms with Crippen LogP contribution in [0.25, 0.3) is 0 Å². The van der Waals surface area contributed by atoms with Gasteiger partial charge in [-0.1, -0.05) is 12.1 Å². The fourth-order valence-electron chi connectivity index (χ4n) is 3.52. The van der Waals surface area contributed by atoms with Crippen LogP contribution in [-0.4, -0.2) is 44.9 Å². The molecule has 2 aliphatic heterocycles. The Labute approximate surface area is 128 Å². The standard InChI is InChI=1S/C17H27N3O/c1-14-4-3-5-17-16(14)13-19(20(17)10-11-21-2)12-15-6-8-18-9-7-15/h3-5,15,18H,6-13H2,1-2H3. The molecule has 2 heterocycles. The first-order valence-corrected chi connectivity index (χ1v) is 8.10. The number of ether oxygens (including phenoxy) is 1. The van der Waals surface area contributed by atoms with E-state index in [4.69, 9.17) is 4.74 Å². The summed E-state index contributed by atoms with van der Waals surface area (Å²) in [5, 5.41) is 8.43. The highest BCUT2D eigenvalue weighted by molar-refractivity contribution is 5.59. The lowest BCUT2D eigenvalue weighted by Crippen LogP contribution is -2.44. The van der Waals surface area contributed by atoms with Gasteiger partial charge in [-0.3, -0.25) is 0 Å². The Morgan fingerprint density at radius 1 is 1.29 bits per heavy atom. The van der Waals surface area contributed by atoms with E-state index in [1.165, 1.54) is 49.3 Å². The molecule has 1 N–H and O–H groups in total. The van der Waals surface area contributed by atoms with Gasteiger partial charge in [0.2, 0.25) is 0 Å². The summed E-state index contributed by atoms with van der Waals surface area (Å²) < 4.78 is 5.31. The molecule has 116 valence electrons. The summed E-state index contributed by atoms with van der Waals surface area (Å²) in [5.41, 5.74) is 4.27. The number of fused-ring (bicyclic) bond motifs is 1. The van der Waals surface area contributed by atoms with E-state index in [0.29, 0.717) is 0 Å². The zero-order valence-corrected chi connectivity index (χ0v) is 13.3. The van der Waals surface area contributed by atoms with Crippen molar-refractivity contribution in [1.82, 2.24) is 10.3 Å². The fourth-order valence-corrected chi connectivity index (χ4v) is 3.52. The quantitative estimate of drug-likeness (QED) is 0.899. The van der Waals surface area contributed by atoms with Gasteiger partial charge in [0, 0.05) is 20.2 Å². The topological polar surface area (TPSA) is 27.7 Å². The van der Waals surface area contributed by atoms with Crippen LogP contribution in [0.1, 0.15) is 24.0 Å². The van der Waals surface area contributed by atoms with E-state index in [1.54, 1.807) is 7.11 Å². The molecule has 0 aliphatic carbocycles. The molecule has 0 saturated carbocycles. The first kappa shape index (κ1) is 14.8. The second kappa shape index (κ2) is 6.77. The lowest BCUT2D eigenvalue weighted by molar-refractivity contribution is 0.159. The molecule has 1 aromatic rings. The molecule has 4 heteroatoms. The molecule has 0 unspecified atom stereocenters. The van der Waals surface area contributed by atoms with Crippen LogP contribution < -0.4 is 10.3 Å². The first-order chi connectivity index (χ1) is 10.3. The Kier molecular flexibility index (Phi) is 4.78. The summed E-state index contributed by atoms with van der Waals surface area (Å²) in [4.78, 5) is 0. The molecule has 3 rings (SSSR count). The van der Waals surface area contributed by atoms with Crippen LogP contribution in [0.4, 0.5) is 5.69 Å². The van der Waals surface area contributed by atoms with Crippen LogP contribution >= 0.6 is 0 Å². The van der Waals surface area contributed by atoms with Gasteiger partial charge in [0.1, 0.15) is 0 Å². The van der Waals surface area contributed by atoms with E-state index in [9.17, 15) is 0 Å². The van der Waals surface area contributed by atoms with Gasteiger partial charge >= 0.3 is 0 Å². The molecule has 1 aromatic carbocycles. The number of nitrogens with zero attached hydrogens (tertiary/aromatic N) is 2. The summed E-state index contributed by atoms with van der Waals surface area (Å²) in [6, 6.07) is 6.64. The zero-order valence-electron chi connectivity index (χ0n) is 13.3. The van der Waals surface area contributed by atoms with Crippen molar-refractivity contribution in [1.29, 1.82) is 0 Å². The molecule has 1 fully saturated rings. The van der Waals surface area contributed by atoms with Crippen molar-refractivity contribution in [2.45, 2.75) is 26.3 Å². The van der Waals surface area contributed by atoms with Gasteiger partial charge in [0.05, 0.1) is 18.8 Å². The summed E-state index contributed by atoms with van der Waals surface area (Å²) in [5.74, 6) is 0.811. The number of nitrogens with one attached hydrogen (secondary N) is 1. The molecule has 0 amide bonds. The monoisotopic (exact) mass is 289 g/mol. The molecule has 4 nitrogen and oxygen atoms in total.